The van der Waals surface area contributed by atoms with Gasteiger partial charge in [-0.3, -0.25) is 9.59 Å². The Balaban J connectivity index is 4.24. The van der Waals surface area contributed by atoms with Crippen molar-refractivity contribution in [2.75, 3.05) is 0 Å². The highest BCUT2D eigenvalue weighted by Crippen LogP contribution is 2.02. The Labute approximate surface area is 89.6 Å². The first-order chi connectivity index (χ1) is 6.88. The van der Waals surface area contributed by atoms with E-state index in [2.05, 4.69) is 5.32 Å². The van der Waals surface area contributed by atoms with Crippen LogP contribution in [0, 0.1) is 17.2 Å². The van der Waals surface area contributed by atoms with Gasteiger partial charge < -0.3 is 11.1 Å². The van der Waals surface area contributed by atoms with Crippen LogP contribution in [0.25, 0.3) is 0 Å². The summed E-state index contributed by atoms with van der Waals surface area (Å²) in [5.74, 6) is -0.545. The van der Waals surface area contributed by atoms with Crippen LogP contribution in [0.3, 0.4) is 0 Å². The van der Waals surface area contributed by atoms with Crippen molar-refractivity contribution in [2.45, 2.75) is 39.3 Å². The zero-order chi connectivity index (χ0) is 12.0. The third-order valence-corrected chi connectivity index (χ3v) is 1.88. The zero-order valence-corrected chi connectivity index (χ0v) is 9.28. The predicted molar refractivity (Wildman–Crippen MR) is 55.7 cm³/mol. The van der Waals surface area contributed by atoms with Crippen LogP contribution in [-0.2, 0) is 9.59 Å². The van der Waals surface area contributed by atoms with Crippen LogP contribution >= 0.6 is 0 Å². The molecule has 0 spiro atoms. The van der Waals surface area contributed by atoms with E-state index in [0.717, 1.165) is 0 Å². The highest BCUT2D eigenvalue weighted by Gasteiger charge is 2.20. The van der Waals surface area contributed by atoms with Crippen LogP contribution in [0.1, 0.15) is 27.2 Å². The molecule has 1 amide bonds. The molecule has 0 aromatic carbocycles. The van der Waals surface area contributed by atoms with Gasteiger partial charge in [0, 0.05) is 0 Å². The Kier molecular flexibility index (Phi) is 5.57. The van der Waals surface area contributed by atoms with Gasteiger partial charge in [0.2, 0.25) is 5.91 Å². The van der Waals surface area contributed by atoms with Crippen LogP contribution < -0.4 is 11.1 Å². The third kappa shape index (κ3) is 5.13. The molecule has 0 fully saturated rings. The molecule has 2 unspecified atom stereocenters. The Bertz CT molecular complexity index is 281. The van der Waals surface area contributed by atoms with Gasteiger partial charge >= 0.3 is 0 Å². The maximum absolute atomic E-state index is 11.4. The van der Waals surface area contributed by atoms with Gasteiger partial charge in [-0.15, -0.1) is 0 Å². The van der Waals surface area contributed by atoms with Crippen LogP contribution in [0.5, 0.6) is 0 Å². The summed E-state index contributed by atoms with van der Waals surface area (Å²) in [7, 11) is 0. The topological polar surface area (TPSA) is 96.0 Å². The van der Waals surface area contributed by atoms with E-state index in [-0.39, 0.29) is 5.78 Å². The van der Waals surface area contributed by atoms with Gasteiger partial charge in [-0.05, 0) is 19.3 Å². The molecule has 0 aromatic rings. The summed E-state index contributed by atoms with van der Waals surface area (Å²) in [4.78, 5) is 22.3. The van der Waals surface area contributed by atoms with Gasteiger partial charge in [-0.1, -0.05) is 13.8 Å². The minimum atomic E-state index is -1.09. The average molecular weight is 211 g/mol. The molecule has 0 rings (SSSR count). The molecule has 0 aliphatic heterocycles. The lowest BCUT2D eigenvalue weighted by molar-refractivity contribution is -0.126. The van der Waals surface area contributed by atoms with Gasteiger partial charge in [0.15, 0.2) is 11.8 Å². The summed E-state index contributed by atoms with van der Waals surface area (Å²) in [5.41, 5.74) is 5.59. The molecule has 3 N–H and O–H groups in total. The number of nitrogens with zero attached hydrogens (tertiary/aromatic N) is 1. The smallest absolute Gasteiger partial charge is 0.238 e. The molecule has 2 atom stereocenters. The van der Waals surface area contributed by atoms with Gasteiger partial charge in [0.1, 0.15) is 0 Å². The minimum Gasteiger partial charge on any atom is -0.333 e. The molecule has 0 aliphatic rings. The molecule has 0 heterocycles. The molecule has 0 bridgehead atoms. The number of carbonyl (C=O) groups excluding carboxylic acids is 2. The molecule has 0 saturated carbocycles. The molecule has 0 saturated heterocycles. The van der Waals surface area contributed by atoms with Crippen molar-refractivity contribution in [3.8, 4) is 6.07 Å². The Hall–Kier alpha value is -1.41. The molecular weight excluding hydrogens is 194 g/mol. The number of ketones is 1. The van der Waals surface area contributed by atoms with Gasteiger partial charge in [0.05, 0.1) is 12.1 Å². The number of Topliss-reactive ketones (excluding diaryl/α,β-unsaturated/α-hetero) is 1. The highest BCUT2D eigenvalue weighted by molar-refractivity contribution is 5.91. The van der Waals surface area contributed by atoms with Crippen molar-refractivity contribution < 1.29 is 9.59 Å². The van der Waals surface area contributed by atoms with Crippen molar-refractivity contribution >= 4 is 11.7 Å². The first-order valence-electron chi connectivity index (χ1n) is 4.84. The van der Waals surface area contributed by atoms with E-state index in [4.69, 9.17) is 11.0 Å². The second kappa shape index (κ2) is 6.14. The van der Waals surface area contributed by atoms with Crippen molar-refractivity contribution in [1.29, 1.82) is 5.26 Å². The predicted octanol–water partition coefficient (Wildman–Crippen LogP) is -0.0428. The second-order valence-corrected chi connectivity index (χ2v) is 3.92. The molecule has 15 heavy (non-hydrogen) atoms. The summed E-state index contributed by atoms with van der Waals surface area (Å²) in [6, 6.07) is -0.0502. The number of nitrogens with two attached hydrogens (primary N) is 1. The van der Waals surface area contributed by atoms with E-state index in [9.17, 15) is 9.59 Å². The number of nitriles is 1. The first-order valence-corrected chi connectivity index (χ1v) is 4.84. The van der Waals surface area contributed by atoms with E-state index in [1.54, 1.807) is 6.07 Å². The molecular formula is C10H17N3O2. The third-order valence-electron chi connectivity index (χ3n) is 1.88. The van der Waals surface area contributed by atoms with Gasteiger partial charge in [-0.2, -0.15) is 5.26 Å². The van der Waals surface area contributed by atoms with E-state index in [0.29, 0.717) is 12.3 Å². The normalized spacial score (nSPS) is 14.1. The average Bonchev–Trinajstić information content (AvgIpc) is 2.11. The molecule has 0 radical (unpaired) electrons. The second-order valence-electron chi connectivity index (χ2n) is 3.92. The number of rotatable bonds is 5. The lowest BCUT2D eigenvalue weighted by Crippen LogP contribution is -2.47. The van der Waals surface area contributed by atoms with Crippen molar-refractivity contribution in [3.05, 3.63) is 0 Å². The lowest BCUT2D eigenvalue weighted by atomic mass is 10.0. The Morgan fingerprint density at radius 3 is 2.33 bits per heavy atom. The molecule has 84 valence electrons. The monoisotopic (exact) mass is 211 g/mol. The van der Waals surface area contributed by atoms with Crippen molar-refractivity contribution in [1.82, 2.24) is 5.32 Å². The maximum Gasteiger partial charge on any atom is 0.238 e. The van der Waals surface area contributed by atoms with Crippen LogP contribution in [0.15, 0.2) is 0 Å². The summed E-state index contributed by atoms with van der Waals surface area (Å²) in [6.07, 6.45) is 0.530. The van der Waals surface area contributed by atoms with Crippen molar-refractivity contribution in [2.24, 2.45) is 11.7 Å². The number of nitrogens with one attached hydrogen (secondary N) is 1. The fraction of sp³-hybridized carbons (Fsp3) is 0.700. The molecule has 5 nitrogen and oxygen atoms in total. The number of hydrogen-bond donors (Lipinski definition) is 2. The summed E-state index contributed by atoms with van der Waals surface area (Å²) < 4.78 is 0. The Morgan fingerprint density at radius 2 is 2.00 bits per heavy atom. The number of carbonyl (C=O) groups is 2. The number of hydrogen-bond acceptors (Lipinski definition) is 4. The fourth-order valence-corrected chi connectivity index (χ4v) is 1.09. The molecule has 5 heteroatoms. The highest BCUT2D eigenvalue weighted by atomic mass is 16.2. The molecule has 0 aliphatic carbocycles. The summed E-state index contributed by atoms with van der Waals surface area (Å²) >= 11 is 0. The van der Waals surface area contributed by atoms with Gasteiger partial charge in [0.25, 0.3) is 0 Å². The number of amides is 1. The van der Waals surface area contributed by atoms with Crippen LogP contribution in [-0.4, -0.2) is 23.8 Å². The van der Waals surface area contributed by atoms with Crippen LogP contribution in [0.4, 0.5) is 0 Å². The van der Waals surface area contributed by atoms with E-state index in [1.165, 1.54) is 6.92 Å². The van der Waals surface area contributed by atoms with Crippen molar-refractivity contribution in [3.63, 3.8) is 0 Å². The van der Waals surface area contributed by atoms with E-state index in [1.807, 2.05) is 13.8 Å². The lowest BCUT2D eigenvalue weighted by Gasteiger charge is -2.15. The van der Waals surface area contributed by atoms with Crippen LogP contribution in [0.2, 0.25) is 0 Å². The fourth-order valence-electron chi connectivity index (χ4n) is 1.09. The van der Waals surface area contributed by atoms with E-state index >= 15 is 0 Å². The van der Waals surface area contributed by atoms with E-state index < -0.39 is 18.0 Å². The largest absolute Gasteiger partial charge is 0.333 e. The maximum atomic E-state index is 11.4. The SMILES string of the molecule is CC(=O)C(C#N)NC(=O)C(N)CC(C)C. The quantitative estimate of drug-likeness (QED) is 0.666. The summed E-state index contributed by atoms with van der Waals surface area (Å²) in [5, 5.41) is 10.9. The minimum absolute atomic E-state index is 0.295. The zero-order valence-electron chi connectivity index (χ0n) is 9.28. The Morgan fingerprint density at radius 1 is 1.47 bits per heavy atom. The summed E-state index contributed by atoms with van der Waals surface area (Å²) in [6.45, 7) is 5.14. The van der Waals surface area contributed by atoms with Gasteiger partial charge in [-0.25, -0.2) is 0 Å². The molecule has 0 aromatic heterocycles. The first kappa shape index (κ1) is 13.6. The standard InChI is InChI=1S/C10H17N3O2/c1-6(2)4-8(12)10(15)13-9(5-11)7(3)14/h6,8-9H,4,12H2,1-3H3,(H,13,15).